The summed E-state index contributed by atoms with van der Waals surface area (Å²) in [6, 6.07) is 16.3. The predicted molar refractivity (Wildman–Crippen MR) is 158 cm³/mol. The Morgan fingerprint density at radius 3 is 2.04 bits per heavy atom. The van der Waals surface area contributed by atoms with Crippen molar-refractivity contribution in [2.45, 2.75) is 56.3 Å². The molecule has 1 heterocycles. The van der Waals surface area contributed by atoms with Gasteiger partial charge in [0, 0.05) is 12.8 Å². The highest BCUT2D eigenvalue weighted by Crippen LogP contribution is 2.25. The second-order valence-corrected chi connectivity index (χ2v) is 10.8. The summed E-state index contributed by atoms with van der Waals surface area (Å²) < 4.78 is 86.5. The third kappa shape index (κ3) is 11.5. The molecule has 256 valence electrons. The van der Waals surface area contributed by atoms with Crippen molar-refractivity contribution in [2.24, 2.45) is 0 Å². The molecule has 0 unspecified atom stereocenters. The summed E-state index contributed by atoms with van der Waals surface area (Å²) in [5.74, 6) is -2.72. The smallest absolute Gasteiger partial charge is 0.457 e. The van der Waals surface area contributed by atoms with Crippen LogP contribution in [0.25, 0.3) is 0 Å². The van der Waals surface area contributed by atoms with E-state index in [-0.39, 0.29) is 37.2 Å². The molecule has 3 aromatic rings. The van der Waals surface area contributed by atoms with Gasteiger partial charge in [-0.25, -0.2) is 4.79 Å². The Morgan fingerprint density at radius 1 is 0.812 bits per heavy atom. The molecule has 0 spiro atoms. The van der Waals surface area contributed by atoms with Crippen LogP contribution in [-0.4, -0.2) is 61.0 Å². The molecular formula is C32H30F6N4O6. The minimum atomic E-state index is -5.36. The van der Waals surface area contributed by atoms with Gasteiger partial charge in [0.15, 0.2) is 0 Å². The molecule has 3 aromatic carbocycles. The highest BCUT2D eigenvalue weighted by molar-refractivity contribution is 5.94. The second-order valence-electron chi connectivity index (χ2n) is 10.8. The van der Waals surface area contributed by atoms with Gasteiger partial charge in [0.25, 0.3) is 0 Å². The highest BCUT2D eigenvalue weighted by Gasteiger charge is 2.37. The lowest BCUT2D eigenvalue weighted by Gasteiger charge is -2.26. The van der Waals surface area contributed by atoms with E-state index in [2.05, 4.69) is 15.4 Å². The van der Waals surface area contributed by atoms with Gasteiger partial charge >= 0.3 is 18.6 Å². The van der Waals surface area contributed by atoms with Crippen LogP contribution < -0.4 is 26.0 Å². The lowest BCUT2D eigenvalue weighted by Crippen LogP contribution is -2.58. The molecule has 0 saturated carbocycles. The van der Waals surface area contributed by atoms with Gasteiger partial charge in [0.2, 0.25) is 17.7 Å². The van der Waals surface area contributed by atoms with Gasteiger partial charge in [0.05, 0.1) is 0 Å². The third-order valence-corrected chi connectivity index (χ3v) is 7.02. The van der Waals surface area contributed by atoms with Crippen LogP contribution in [0.15, 0.2) is 78.9 Å². The Bertz CT molecular complexity index is 1600. The van der Waals surface area contributed by atoms with Crippen molar-refractivity contribution in [2.75, 3.05) is 6.54 Å². The van der Waals surface area contributed by atoms with Crippen LogP contribution in [0.5, 0.6) is 11.5 Å². The molecule has 4 amide bonds. The van der Waals surface area contributed by atoms with Crippen molar-refractivity contribution in [3.8, 4) is 11.5 Å². The van der Waals surface area contributed by atoms with E-state index < -0.39 is 61.0 Å². The van der Waals surface area contributed by atoms with Crippen LogP contribution in [0.3, 0.4) is 0 Å². The summed E-state index contributed by atoms with van der Waals surface area (Å²) in [4.78, 5) is 52.3. The SMILES string of the molecule is O=C(N[C@H]1Cc2cccc(c2)Oc2cccc(c2)C[C@@H](C(=O)NCC(F)(F)F)NC(=O)[C@H](CCc2ccccc2)NC1=O)OC(F)(F)F. The topological polar surface area (TPSA) is 135 Å². The minimum Gasteiger partial charge on any atom is -0.457 e. The number of nitrogens with one attached hydrogen (secondary N) is 4. The average Bonchev–Trinajstić information content (AvgIpc) is 3.00. The van der Waals surface area contributed by atoms with E-state index in [1.807, 2.05) is 5.32 Å². The van der Waals surface area contributed by atoms with Crippen molar-refractivity contribution < 1.29 is 55.0 Å². The maximum atomic E-state index is 13.7. The lowest BCUT2D eigenvalue weighted by molar-refractivity contribution is -0.291. The Morgan fingerprint density at radius 2 is 1.44 bits per heavy atom. The molecule has 1 aliphatic rings. The third-order valence-electron chi connectivity index (χ3n) is 7.02. The monoisotopic (exact) mass is 680 g/mol. The number of rotatable bonds is 6. The molecule has 1 aliphatic heterocycles. The number of aryl methyl sites for hydroxylation is 1. The first kappa shape index (κ1) is 35.6. The fourth-order valence-electron chi connectivity index (χ4n) is 4.85. The molecule has 4 N–H and O–H groups in total. The number of carbonyl (C=O) groups excluding carboxylic acids is 4. The van der Waals surface area contributed by atoms with E-state index in [0.717, 1.165) is 5.56 Å². The first-order chi connectivity index (χ1) is 22.6. The minimum absolute atomic E-state index is 0.100. The molecule has 16 heteroatoms. The summed E-state index contributed by atoms with van der Waals surface area (Å²) >= 11 is 0. The number of alkyl carbamates (subject to hydrolysis) is 1. The molecule has 0 fully saturated rings. The molecule has 0 saturated heterocycles. The number of carbonyl (C=O) groups is 4. The van der Waals surface area contributed by atoms with Crippen LogP contribution in [0.2, 0.25) is 0 Å². The van der Waals surface area contributed by atoms with Gasteiger partial charge in [-0.15, -0.1) is 13.2 Å². The Balaban J connectivity index is 1.72. The number of amides is 4. The molecule has 0 aliphatic carbocycles. The lowest BCUT2D eigenvalue weighted by atomic mass is 10.0. The number of benzene rings is 3. The highest BCUT2D eigenvalue weighted by atomic mass is 19.4. The van der Waals surface area contributed by atoms with Gasteiger partial charge in [-0.3, -0.25) is 14.4 Å². The van der Waals surface area contributed by atoms with E-state index in [4.69, 9.17) is 4.74 Å². The fourth-order valence-corrected chi connectivity index (χ4v) is 4.85. The maximum Gasteiger partial charge on any atom is 0.576 e. The molecule has 48 heavy (non-hydrogen) atoms. The van der Waals surface area contributed by atoms with E-state index in [1.165, 1.54) is 24.3 Å². The number of hydrogen-bond donors (Lipinski definition) is 4. The van der Waals surface area contributed by atoms with Gasteiger partial charge in [-0.05, 0) is 53.8 Å². The van der Waals surface area contributed by atoms with Crippen molar-refractivity contribution >= 4 is 23.8 Å². The summed E-state index contributed by atoms with van der Waals surface area (Å²) in [5.41, 5.74) is 1.51. The van der Waals surface area contributed by atoms with E-state index >= 15 is 0 Å². The molecule has 0 radical (unpaired) electrons. The number of alkyl halides is 6. The summed E-state index contributed by atoms with van der Waals surface area (Å²) in [7, 11) is 0. The van der Waals surface area contributed by atoms with E-state index in [0.29, 0.717) is 11.1 Å². The van der Waals surface area contributed by atoms with Gasteiger partial charge in [0.1, 0.15) is 36.2 Å². The van der Waals surface area contributed by atoms with Crippen LogP contribution in [0, 0.1) is 0 Å². The zero-order valence-corrected chi connectivity index (χ0v) is 25.0. The van der Waals surface area contributed by atoms with Gasteiger partial charge < -0.3 is 30.7 Å². The standard InChI is InChI=1S/C32H30F6N4O6/c33-31(34,35)18-39-27(43)25-16-20-8-4-10-22(14-20)47-23-11-5-9-21(15-23)17-26(42-30(46)48-32(36,37)38)29(45)40-24(28(44)41-25)13-12-19-6-2-1-3-7-19/h1-11,14-15,24-26H,12-13,16-18H2,(H,39,43)(H,40,45)(H,41,44)(H,42,46)/t24-,25-,26-/m0/s1. The molecule has 4 bridgehead atoms. The van der Waals surface area contributed by atoms with Crippen molar-refractivity contribution in [1.29, 1.82) is 0 Å². The van der Waals surface area contributed by atoms with Crippen molar-refractivity contribution in [3.63, 3.8) is 0 Å². The summed E-state index contributed by atoms with van der Waals surface area (Å²) in [6.07, 6.45) is -12.6. The van der Waals surface area contributed by atoms with Crippen molar-refractivity contribution in [1.82, 2.24) is 21.3 Å². The van der Waals surface area contributed by atoms with Gasteiger partial charge in [-0.1, -0.05) is 54.6 Å². The predicted octanol–water partition coefficient (Wildman–Crippen LogP) is 4.47. The first-order valence-corrected chi connectivity index (χ1v) is 14.5. The largest absolute Gasteiger partial charge is 0.576 e. The summed E-state index contributed by atoms with van der Waals surface area (Å²) in [6.45, 7) is -1.67. The molecule has 0 aromatic heterocycles. The molecular weight excluding hydrogens is 650 g/mol. The fraction of sp³-hybridized carbons (Fsp3) is 0.312. The quantitative estimate of drug-likeness (QED) is 0.284. The Labute approximate surface area is 270 Å². The first-order valence-electron chi connectivity index (χ1n) is 14.5. The van der Waals surface area contributed by atoms with Gasteiger partial charge in [-0.2, -0.15) is 13.2 Å². The van der Waals surface area contributed by atoms with E-state index in [1.54, 1.807) is 59.9 Å². The van der Waals surface area contributed by atoms with Crippen LogP contribution in [0.1, 0.15) is 23.1 Å². The number of ether oxygens (including phenoxy) is 2. The average molecular weight is 681 g/mol. The second kappa shape index (κ2) is 15.5. The Hall–Kier alpha value is -5.28. The van der Waals surface area contributed by atoms with E-state index in [9.17, 15) is 45.5 Å². The zero-order valence-electron chi connectivity index (χ0n) is 25.0. The number of halogens is 6. The van der Waals surface area contributed by atoms with Crippen LogP contribution in [-0.2, 0) is 38.4 Å². The summed E-state index contributed by atoms with van der Waals surface area (Å²) in [5, 5.41) is 8.46. The normalized spacial score (nSPS) is 18.8. The molecule has 3 atom stereocenters. The van der Waals surface area contributed by atoms with Crippen LogP contribution >= 0.6 is 0 Å². The molecule has 4 rings (SSSR count). The Kier molecular flexibility index (Phi) is 11.5. The zero-order chi connectivity index (χ0) is 34.9. The number of fused-ring (bicyclic) bond motifs is 4. The maximum absolute atomic E-state index is 13.7. The van der Waals surface area contributed by atoms with Crippen molar-refractivity contribution in [3.05, 3.63) is 95.6 Å². The van der Waals surface area contributed by atoms with Crippen LogP contribution in [0.4, 0.5) is 31.1 Å². The molecule has 10 nitrogen and oxygen atoms in total. The number of hydrogen-bond acceptors (Lipinski definition) is 6.